The molecular formula is C19H26N2O6. The van der Waals surface area contributed by atoms with E-state index in [9.17, 15) is 19.5 Å². The van der Waals surface area contributed by atoms with Gasteiger partial charge >= 0.3 is 5.97 Å². The highest BCUT2D eigenvalue weighted by molar-refractivity contribution is 6.05. The van der Waals surface area contributed by atoms with Gasteiger partial charge in [0.25, 0.3) is 11.8 Å². The molecule has 148 valence electrons. The molecule has 8 nitrogen and oxygen atoms in total. The topological polar surface area (TPSA) is 96.4 Å². The summed E-state index contributed by atoms with van der Waals surface area (Å²) in [5.41, 5.74) is -0.979. The first-order chi connectivity index (χ1) is 12.7. The van der Waals surface area contributed by atoms with Crippen molar-refractivity contribution in [1.29, 1.82) is 0 Å². The standard InChI is InChI=1S/C19H26N2O6/c1-13-7-5-6-8-15(13)27-14(2)16(22)20-9-11-21(12-10-20)17(23)19(3,26-4)18(24)25/h5-8,14H,9-12H2,1-4H3,(H,24,25). The maximum Gasteiger partial charge on any atom is 0.345 e. The van der Waals surface area contributed by atoms with Crippen molar-refractivity contribution in [3.05, 3.63) is 29.8 Å². The molecular weight excluding hydrogens is 352 g/mol. The molecule has 1 aliphatic heterocycles. The molecule has 1 aliphatic rings. The van der Waals surface area contributed by atoms with Crippen molar-refractivity contribution in [2.24, 2.45) is 0 Å². The number of aliphatic carboxylic acids is 1. The van der Waals surface area contributed by atoms with Gasteiger partial charge < -0.3 is 24.4 Å². The van der Waals surface area contributed by atoms with Gasteiger partial charge in [0.1, 0.15) is 5.75 Å². The molecule has 2 atom stereocenters. The minimum atomic E-state index is -1.92. The van der Waals surface area contributed by atoms with Gasteiger partial charge in [0.2, 0.25) is 5.60 Å². The second-order valence-electron chi connectivity index (χ2n) is 6.69. The van der Waals surface area contributed by atoms with Gasteiger partial charge in [0, 0.05) is 33.3 Å². The second kappa shape index (κ2) is 8.39. The van der Waals surface area contributed by atoms with Crippen molar-refractivity contribution < 1.29 is 29.0 Å². The molecule has 0 radical (unpaired) electrons. The quantitative estimate of drug-likeness (QED) is 0.740. The molecule has 0 saturated carbocycles. The fraction of sp³-hybridized carbons (Fsp3) is 0.526. The highest BCUT2D eigenvalue weighted by Gasteiger charge is 2.45. The first-order valence-corrected chi connectivity index (χ1v) is 8.79. The largest absolute Gasteiger partial charge is 0.481 e. The summed E-state index contributed by atoms with van der Waals surface area (Å²) < 4.78 is 10.7. The maximum atomic E-state index is 12.6. The zero-order valence-electron chi connectivity index (χ0n) is 16.1. The van der Waals surface area contributed by atoms with Crippen LogP contribution in [0.2, 0.25) is 0 Å². The van der Waals surface area contributed by atoms with Crippen molar-refractivity contribution >= 4 is 17.8 Å². The molecule has 27 heavy (non-hydrogen) atoms. The van der Waals surface area contributed by atoms with Crippen LogP contribution < -0.4 is 4.74 Å². The molecule has 2 amide bonds. The molecule has 0 bridgehead atoms. The molecule has 1 heterocycles. The van der Waals surface area contributed by atoms with E-state index in [4.69, 9.17) is 9.47 Å². The van der Waals surface area contributed by atoms with Gasteiger partial charge in [-0.05, 0) is 32.4 Å². The zero-order valence-corrected chi connectivity index (χ0v) is 16.1. The normalized spacial score (nSPS) is 17.8. The van der Waals surface area contributed by atoms with Crippen LogP contribution in [0, 0.1) is 6.92 Å². The van der Waals surface area contributed by atoms with Crippen LogP contribution in [0.3, 0.4) is 0 Å². The van der Waals surface area contributed by atoms with Crippen LogP contribution >= 0.6 is 0 Å². The lowest BCUT2D eigenvalue weighted by molar-refractivity contribution is -0.174. The molecule has 1 aromatic carbocycles. The summed E-state index contributed by atoms with van der Waals surface area (Å²) in [4.78, 5) is 39.5. The predicted octanol–water partition coefficient (Wildman–Crippen LogP) is 0.923. The summed E-state index contributed by atoms with van der Waals surface area (Å²) in [5.74, 6) is -1.47. The smallest absolute Gasteiger partial charge is 0.345 e. The number of carbonyl (C=O) groups is 3. The number of carboxylic acids is 1. The zero-order chi connectivity index (χ0) is 20.2. The lowest BCUT2D eigenvalue weighted by atomic mass is 10.0. The lowest BCUT2D eigenvalue weighted by Crippen LogP contribution is -2.59. The summed E-state index contributed by atoms with van der Waals surface area (Å²) in [6.07, 6.45) is -0.656. The van der Waals surface area contributed by atoms with Gasteiger partial charge in [-0.3, -0.25) is 9.59 Å². The van der Waals surface area contributed by atoms with E-state index < -0.39 is 23.6 Å². The minimum absolute atomic E-state index is 0.168. The van der Waals surface area contributed by atoms with Gasteiger partial charge in [-0.25, -0.2) is 4.79 Å². The Hall–Kier alpha value is -2.61. The molecule has 1 N–H and O–H groups in total. The highest BCUT2D eigenvalue weighted by Crippen LogP contribution is 2.20. The van der Waals surface area contributed by atoms with E-state index in [-0.39, 0.29) is 19.0 Å². The minimum Gasteiger partial charge on any atom is -0.481 e. The Kier molecular flexibility index (Phi) is 6.43. The summed E-state index contributed by atoms with van der Waals surface area (Å²) in [6, 6.07) is 7.47. The summed E-state index contributed by atoms with van der Waals surface area (Å²) >= 11 is 0. The number of carbonyl (C=O) groups excluding carboxylic acids is 2. The van der Waals surface area contributed by atoms with E-state index in [1.807, 2.05) is 31.2 Å². The van der Waals surface area contributed by atoms with Gasteiger partial charge in [-0.15, -0.1) is 0 Å². The van der Waals surface area contributed by atoms with Crippen molar-refractivity contribution in [2.45, 2.75) is 32.5 Å². The molecule has 1 saturated heterocycles. The third kappa shape index (κ3) is 4.39. The molecule has 1 fully saturated rings. The Morgan fingerprint density at radius 1 is 1.11 bits per heavy atom. The number of rotatable bonds is 6. The van der Waals surface area contributed by atoms with E-state index in [1.165, 1.54) is 18.9 Å². The summed E-state index contributed by atoms with van der Waals surface area (Å²) in [7, 11) is 1.19. The number of carboxylic acid groups (broad SMARTS) is 1. The number of benzene rings is 1. The first kappa shape index (κ1) is 20.7. The Morgan fingerprint density at radius 2 is 1.67 bits per heavy atom. The van der Waals surface area contributed by atoms with Crippen molar-refractivity contribution in [3.63, 3.8) is 0 Å². The second-order valence-corrected chi connectivity index (χ2v) is 6.69. The fourth-order valence-electron chi connectivity index (χ4n) is 2.88. The molecule has 2 rings (SSSR count). The molecule has 0 aromatic heterocycles. The number of ether oxygens (including phenoxy) is 2. The Bertz CT molecular complexity index is 714. The molecule has 2 unspecified atom stereocenters. The van der Waals surface area contributed by atoms with Crippen molar-refractivity contribution in [2.75, 3.05) is 33.3 Å². The third-order valence-corrected chi connectivity index (χ3v) is 4.85. The van der Waals surface area contributed by atoms with E-state index in [0.29, 0.717) is 18.8 Å². The Labute approximate surface area is 158 Å². The van der Waals surface area contributed by atoms with Crippen LogP contribution in [0.5, 0.6) is 5.75 Å². The van der Waals surface area contributed by atoms with E-state index in [0.717, 1.165) is 5.56 Å². The van der Waals surface area contributed by atoms with Gasteiger partial charge in [-0.2, -0.15) is 0 Å². The number of para-hydroxylation sites is 1. The summed E-state index contributed by atoms with van der Waals surface area (Å²) in [6.45, 7) is 5.94. The van der Waals surface area contributed by atoms with Crippen LogP contribution in [0.4, 0.5) is 0 Å². The average Bonchev–Trinajstić information content (AvgIpc) is 2.67. The number of amides is 2. The summed E-state index contributed by atoms with van der Waals surface area (Å²) in [5, 5.41) is 9.26. The SMILES string of the molecule is COC(C)(C(=O)O)C(=O)N1CCN(C(=O)C(C)Oc2ccccc2C)CC1. The number of aryl methyl sites for hydroxylation is 1. The Morgan fingerprint density at radius 3 is 2.19 bits per heavy atom. The number of hydrogen-bond acceptors (Lipinski definition) is 5. The van der Waals surface area contributed by atoms with Gasteiger partial charge in [0.15, 0.2) is 6.10 Å². The monoisotopic (exact) mass is 378 g/mol. The lowest BCUT2D eigenvalue weighted by Gasteiger charge is -2.38. The number of methoxy groups -OCH3 is 1. The molecule has 0 spiro atoms. The third-order valence-electron chi connectivity index (χ3n) is 4.85. The number of piperazine rings is 1. The van der Waals surface area contributed by atoms with Crippen molar-refractivity contribution in [1.82, 2.24) is 9.80 Å². The molecule has 1 aromatic rings. The number of hydrogen-bond donors (Lipinski definition) is 1. The van der Waals surface area contributed by atoms with E-state index in [2.05, 4.69) is 0 Å². The maximum absolute atomic E-state index is 12.6. The average molecular weight is 378 g/mol. The highest BCUT2D eigenvalue weighted by atomic mass is 16.5. The predicted molar refractivity (Wildman–Crippen MR) is 97.5 cm³/mol. The molecule has 8 heteroatoms. The van der Waals surface area contributed by atoms with Crippen LogP contribution in [0.1, 0.15) is 19.4 Å². The Balaban J connectivity index is 1.94. The van der Waals surface area contributed by atoms with Crippen LogP contribution in [0.15, 0.2) is 24.3 Å². The van der Waals surface area contributed by atoms with Gasteiger partial charge in [-0.1, -0.05) is 18.2 Å². The first-order valence-electron chi connectivity index (χ1n) is 8.79. The van der Waals surface area contributed by atoms with Gasteiger partial charge in [0.05, 0.1) is 0 Å². The van der Waals surface area contributed by atoms with E-state index in [1.54, 1.807) is 11.8 Å². The van der Waals surface area contributed by atoms with Crippen LogP contribution in [0.25, 0.3) is 0 Å². The van der Waals surface area contributed by atoms with Crippen LogP contribution in [-0.4, -0.2) is 77.7 Å². The van der Waals surface area contributed by atoms with Crippen molar-refractivity contribution in [3.8, 4) is 5.75 Å². The number of nitrogens with zero attached hydrogens (tertiary/aromatic N) is 2. The fourth-order valence-corrected chi connectivity index (χ4v) is 2.88. The molecule has 0 aliphatic carbocycles. The van der Waals surface area contributed by atoms with E-state index >= 15 is 0 Å². The van der Waals surface area contributed by atoms with Crippen LogP contribution in [-0.2, 0) is 19.1 Å².